The van der Waals surface area contributed by atoms with Gasteiger partial charge in [-0.15, -0.1) is 0 Å². The van der Waals surface area contributed by atoms with Gasteiger partial charge in [0.25, 0.3) is 0 Å². The van der Waals surface area contributed by atoms with Crippen molar-refractivity contribution < 1.29 is 42.5 Å². The lowest BCUT2D eigenvalue weighted by atomic mass is 10.1. The number of hydrogen-bond donors (Lipinski definition) is 0. The smallest absolute Gasteiger partial charge is 0.0727 e. The van der Waals surface area contributed by atoms with E-state index in [0.717, 1.165) is 48.1 Å². The molecule has 0 aromatic heterocycles. The van der Waals surface area contributed by atoms with Crippen molar-refractivity contribution in [3.63, 3.8) is 0 Å². The first kappa shape index (κ1) is 44.3. The first-order chi connectivity index (χ1) is 18.9. The van der Waals surface area contributed by atoms with Crippen LogP contribution in [0.2, 0.25) is 0 Å². The molecule has 0 aliphatic heterocycles. The fourth-order valence-electron chi connectivity index (χ4n) is 3.53. The van der Waals surface area contributed by atoms with E-state index in [1.54, 1.807) is 42.7 Å². The van der Waals surface area contributed by atoms with Crippen LogP contribution >= 0.6 is 37.9 Å². The SMILES string of the molecule is COCc1cccc(COC)c1[S].COCc1cccc(COC)c1[S].COCc1cccc(COC)c1[S].F.F.F. The minimum absolute atomic E-state index is 0. The van der Waals surface area contributed by atoms with E-state index in [-0.39, 0.29) is 14.1 Å². The molecule has 42 heavy (non-hydrogen) atoms. The highest BCUT2D eigenvalue weighted by Gasteiger charge is 2.06. The van der Waals surface area contributed by atoms with E-state index >= 15 is 0 Å². The Morgan fingerprint density at radius 3 is 0.619 bits per heavy atom. The number of methoxy groups -OCH3 is 6. The molecule has 237 valence electrons. The van der Waals surface area contributed by atoms with Crippen LogP contribution in [0, 0.1) is 0 Å². The van der Waals surface area contributed by atoms with Crippen LogP contribution in [-0.2, 0) is 68.1 Å². The summed E-state index contributed by atoms with van der Waals surface area (Å²) < 4.78 is 30.2. The zero-order chi connectivity index (χ0) is 29.0. The Balaban J connectivity index is -0.000000524. The highest BCUT2D eigenvalue weighted by Crippen LogP contribution is 2.22. The van der Waals surface area contributed by atoms with Gasteiger partial charge < -0.3 is 28.4 Å². The largest absolute Gasteiger partial charge is 0.380 e. The zero-order valence-electron chi connectivity index (χ0n) is 24.8. The molecule has 0 spiro atoms. The lowest BCUT2D eigenvalue weighted by molar-refractivity contribution is 0.176. The summed E-state index contributed by atoms with van der Waals surface area (Å²) in [6.07, 6.45) is 0. The highest BCUT2D eigenvalue weighted by molar-refractivity contribution is 7.80. The third-order valence-corrected chi connectivity index (χ3v) is 6.91. The fraction of sp³-hybridized carbons (Fsp3) is 0.400. The van der Waals surface area contributed by atoms with E-state index in [0.29, 0.717) is 39.6 Å². The lowest BCUT2D eigenvalue weighted by Gasteiger charge is -2.07. The van der Waals surface area contributed by atoms with Crippen LogP contribution in [0.4, 0.5) is 14.1 Å². The summed E-state index contributed by atoms with van der Waals surface area (Å²) in [5.41, 5.74) is 6.29. The van der Waals surface area contributed by atoms with E-state index < -0.39 is 0 Å². The number of halogens is 3. The van der Waals surface area contributed by atoms with Crippen molar-refractivity contribution in [2.45, 2.75) is 54.3 Å². The summed E-state index contributed by atoms with van der Waals surface area (Å²) in [4.78, 5) is 2.56. The van der Waals surface area contributed by atoms with Crippen molar-refractivity contribution in [2.75, 3.05) is 42.7 Å². The molecule has 3 rings (SSSR count). The fourth-order valence-corrected chi connectivity index (χ4v) is 4.29. The highest BCUT2D eigenvalue weighted by atomic mass is 32.1. The standard InChI is InChI=1S/3C10H13O2S.3FH/c3*1-11-6-8-4-3-5-9(7-12-2)10(8)13;;;/h3*3-5H,6-7H2,1-2H3;3*1H. The summed E-state index contributed by atoms with van der Waals surface area (Å²) in [6.45, 7) is 3.40. The van der Waals surface area contributed by atoms with Crippen molar-refractivity contribution in [3.8, 4) is 0 Å². The molecule has 0 saturated heterocycles. The monoisotopic (exact) mass is 651 g/mol. The second kappa shape index (κ2) is 26.5. The molecule has 0 amide bonds. The quantitative estimate of drug-likeness (QED) is 0.198. The van der Waals surface area contributed by atoms with E-state index in [4.69, 9.17) is 66.3 Å². The van der Waals surface area contributed by atoms with E-state index in [1.807, 2.05) is 54.6 Å². The topological polar surface area (TPSA) is 55.4 Å². The van der Waals surface area contributed by atoms with E-state index in [9.17, 15) is 0 Å². The average Bonchev–Trinajstić information content (AvgIpc) is 2.93. The van der Waals surface area contributed by atoms with E-state index in [1.165, 1.54) is 0 Å². The van der Waals surface area contributed by atoms with Crippen molar-refractivity contribution >= 4 is 37.9 Å². The molecule has 0 aliphatic carbocycles. The van der Waals surface area contributed by atoms with Gasteiger partial charge >= 0.3 is 0 Å². The maximum Gasteiger partial charge on any atom is 0.0727 e. The predicted octanol–water partition coefficient (Wildman–Crippen LogP) is 8.06. The van der Waals surface area contributed by atoms with Crippen LogP contribution in [0.5, 0.6) is 0 Å². The van der Waals surface area contributed by atoms with Crippen LogP contribution in [0.25, 0.3) is 0 Å². The second-order valence-electron chi connectivity index (χ2n) is 8.31. The van der Waals surface area contributed by atoms with Gasteiger partial charge in [-0.05, 0) is 33.4 Å². The average molecular weight is 652 g/mol. The molecule has 3 aromatic carbocycles. The molecule has 12 heteroatoms. The minimum Gasteiger partial charge on any atom is -0.380 e. The molecule has 3 aromatic rings. The molecule has 0 saturated carbocycles. The van der Waals surface area contributed by atoms with Crippen molar-refractivity contribution in [3.05, 3.63) is 88.0 Å². The summed E-state index contributed by atoms with van der Waals surface area (Å²) in [5.74, 6) is 0. The van der Waals surface area contributed by atoms with Crippen molar-refractivity contribution in [2.24, 2.45) is 0 Å². The van der Waals surface area contributed by atoms with Crippen LogP contribution in [-0.4, -0.2) is 42.7 Å². The number of benzene rings is 3. The van der Waals surface area contributed by atoms with Gasteiger partial charge in [-0.1, -0.05) is 92.5 Å². The molecule has 0 aliphatic rings. The Labute approximate surface area is 264 Å². The van der Waals surface area contributed by atoms with Crippen molar-refractivity contribution in [1.29, 1.82) is 0 Å². The van der Waals surface area contributed by atoms with Crippen LogP contribution in [0.15, 0.2) is 69.3 Å². The Hall–Kier alpha value is -2.13. The van der Waals surface area contributed by atoms with Gasteiger partial charge in [-0.3, -0.25) is 14.1 Å². The van der Waals surface area contributed by atoms with Gasteiger partial charge in [-0.25, -0.2) is 0 Å². The molecular formula is C30H42F3O6S3. The number of rotatable bonds is 12. The maximum atomic E-state index is 5.26. The lowest BCUT2D eigenvalue weighted by Crippen LogP contribution is -1.95. The third-order valence-electron chi connectivity index (χ3n) is 5.33. The van der Waals surface area contributed by atoms with Gasteiger partial charge in [0.15, 0.2) is 0 Å². The third kappa shape index (κ3) is 15.4. The second-order valence-corrected chi connectivity index (χ2v) is 9.54. The summed E-state index contributed by atoms with van der Waals surface area (Å²) >= 11 is 15.8. The van der Waals surface area contributed by atoms with Crippen LogP contribution in [0.1, 0.15) is 33.4 Å². The molecule has 0 atom stereocenters. The Morgan fingerprint density at radius 2 is 0.500 bits per heavy atom. The van der Waals surface area contributed by atoms with Crippen LogP contribution < -0.4 is 0 Å². The Bertz CT molecular complexity index is 900. The normalized spacial score (nSPS) is 9.57. The van der Waals surface area contributed by atoms with E-state index in [2.05, 4.69) is 0 Å². The Morgan fingerprint density at radius 1 is 0.357 bits per heavy atom. The predicted molar refractivity (Wildman–Crippen MR) is 169 cm³/mol. The molecule has 0 fully saturated rings. The summed E-state index contributed by atoms with van der Waals surface area (Å²) in [6, 6.07) is 17.8. The molecule has 0 bridgehead atoms. The summed E-state index contributed by atoms with van der Waals surface area (Å²) in [7, 11) is 9.99. The molecule has 0 unspecified atom stereocenters. The molecule has 6 nitrogen and oxygen atoms in total. The first-order valence-corrected chi connectivity index (χ1v) is 13.4. The minimum atomic E-state index is 0. The zero-order valence-corrected chi connectivity index (χ0v) is 27.3. The van der Waals surface area contributed by atoms with Crippen LogP contribution in [0.3, 0.4) is 0 Å². The number of ether oxygens (including phenoxy) is 6. The van der Waals surface area contributed by atoms with Gasteiger partial charge in [0.1, 0.15) is 0 Å². The van der Waals surface area contributed by atoms with Gasteiger partial charge in [-0.2, -0.15) is 0 Å². The molecule has 0 heterocycles. The Kier molecular flexibility index (Phi) is 28.0. The van der Waals surface area contributed by atoms with Crippen molar-refractivity contribution in [1.82, 2.24) is 0 Å². The molecular weight excluding hydrogens is 610 g/mol. The van der Waals surface area contributed by atoms with Gasteiger partial charge in [0.05, 0.1) is 39.6 Å². The van der Waals surface area contributed by atoms with Gasteiger partial charge in [0, 0.05) is 57.3 Å². The first-order valence-electron chi connectivity index (χ1n) is 12.1. The maximum absolute atomic E-state index is 5.26. The van der Waals surface area contributed by atoms with Gasteiger partial charge in [0.2, 0.25) is 0 Å². The molecule has 0 N–H and O–H groups in total. The summed E-state index contributed by atoms with van der Waals surface area (Å²) in [5, 5.41) is 0. The molecule has 3 radical (unpaired) electrons. The number of hydrogen-bond acceptors (Lipinski definition) is 6.